The van der Waals surface area contributed by atoms with Crippen LogP contribution in [0.3, 0.4) is 0 Å². The predicted molar refractivity (Wildman–Crippen MR) is 92.7 cm³/mol. The van der Waals surface area contributed by atoms with Crippen molar-refractivity contribution in [2.75, 3.05) is 31.1 Å². The van der Waals surface area contributed by atoms with Gasteiger partial charge in [-0.2, -0.15) is 4.37 Å². The molecule has 0 atom stereocenters. The zero-order chi connectivity index (χ0) is 13.6. The molecule has 2 aromatic heterocycles. The van der Waals surface area contributed by atoms with E-state index in [0.717, 1.165) is 44.0 Å². The van der Waals surface area contributed by atoms with E-state index in [1.54, 1.807) is 12.4 Å². The summed E-state index contributed by atoms with van der Waals surface area (Å²) in [5.74, 6) is 1.50. The number of nitrogens with zero attached hydrogens (tertiary/aromatic N) is 4. The fourth-order valence-electron chi connectivity index (χ4n) is 2.15. The minimum atomic E-state index is 0. The molecule has 0 saturated carbocycles. The van der Waals surface area contributed by atoms with Gasteiger partial charge in [-0.15, -0.1) is 29.2 Å². The smallest absolute Gasteiger partial charge is 0.271 e. The van der Waals surface area contributed by atoms with Gasteiger partial charge in [0, 0.05) is 32.0 Å². The minimum absolute atomic E-state index is 0. The van der Waals surface area contributed by atoms with Crippen LogP contribution in [0.2, 0.25) is 0 Å². The molecule has 1 fully saturated rings. The molecule has 1 aliphatic heterocycles. The van der Waals surface area contributed by atoms with Gasteiger partial charge >= 0.3 is 0 Å². The first kappa shape index (κ1) is 18.9. The Morgan fingerprint density at radius 1 is 1.14 bits per heavy atom. The topological polar surface area (TPSA) is 63.2 Å². The third-order valence-electron chi connectivity index (χ3n) is 3.21. The number of nitrogens with one attached hydrogen (secondary N) is 1. The summed E-state index contributed by atoms with van der Waals surface area (Å²) in [6, 6.07) is 3.88. The molecule has 6 nitrogen and oxygen atoms in total. The van der Waals surface area contributed by atoms with E-state index in [2.05, 4.69) is 23.9 Å². The summed E-state index contributed by atoms with van der Waals surface area (Å²) in [6.07, 6.45) is 4.64. The molecule has 9 heteroatoms. The third-order valence-corrected chi connectivity index (χ3v) is 3.71. The van der Waals surface area contributed by atoms with E-state index in [-0.39, 0.29) is 24.8 Å². The van der Waals surface area contributed by atoms with Gasteiger partial charge in [-0.1, -0.05) is 0 Å². The number of hydrogen-bond donors (Lipinski definition) is 1. The summed E-state index contributed by atoms with van der Waals surface area (Å²) in [5, 5.41) is 3.38. The van der Waals surface area contributed by atoms with Gasteiger partial charge in [0.15, 0.2) is 0 Å². The molecule has 3 heterocycles. The van der Waals surface area contributed by atoms with Crippen LogP contribution in [0.1, 0.15) is 12.0 Å². The van der Waals surface area contributed by atoms with Gasteiger partial charge in [-0.3, -0.25) is 4.98 Å². The number of ether oxygens (including phenoxy) is 1. The van der Waals surface area contributed by atoms with Crippen LogP contribution < -0.4 is 15.0 Å². The average Bonchev–Trinajstić information content (AvgIpc) is 2.79. The second-order valence-electron chi connectivity index (χ2n) is 4.63. The van der Waals surface area contributed by atoms with Crippen LogP contribution in [0.25, 0.3) is 0 Å². The first-order valence-electron chi connectivity index (χ1n) is 6.73. The Bertz CT molecular complexity index is 534. The summed E-state index contributed by atoms with van der Waals surface area (Å²) in [4.78, 5) is 6.24. The van der Waals surface area contributed by atoms with E-state index in [1.807, 2.05) is 12.1 Å². The number of halogens is 2. The molecule has 1 N–H and O–H groups in total. The zero-order valence-electron chi connectivity index (χ0n) is 12.0. The molecule has 122 valence electrons. The fourth-order valence-corrected chi connectivity index (χ4v) is 2.67. The molecule has 0 bridgehead atoms. The Labute approximate surface area is 146 Å². The largest absolute Gasteiger partial charge is 0.470 e. The van der Waals surface area contributed by atoms with Gasteiger partial charge in [-0.05, 0) is 30.7 Å². The maximum atomic E-state index is 5.80. The Hall–Kier alpha value is -1.15. The van der Waals surface area contributed by atoms with Crippen molar-refractivity contribution in [2.45, 2.75) is 13.0 Å². The van der Waals surface area contributed by atoms with Crippen LogP contribution in [0.5, 0.6) is 5.88 Å². The van der Waals surface area contributed by atoms with Crippen molar-refractivity contribution in [2.24, 2.45) is 0 Å². The molecule has 0 aliphatic carbocycles. The third kappa shape index (κ3) is 4.95. The number of aromatic nitrogens is 3. The van der Waals surface area contributed by atoms with Crippen molar-refractivity contribution >= 4 is 42.4 Å². The van der Waals surface area contributed by atoms with Crippen LogP contribution in [-0.4, -0.2) is 39.9 Å². The fraction of sp³-hybridized carbons (Fsp3) is 0.462. The van der Waals surface area contributed by atoms with Crippen molar-refractivity contribution in [3.05, 3.63) is 30.1 Å². The molecule has 2 aromatic rings. The van der Waals surface area contributed by atoms with Crippen molar-refractivity contribution in [3.8, 4) is 5.88 Å². The van der Waals surface area contributed by atoms with Crippen LogP contribution in [0, 0.1) is 0 Å². The van der Waals surface area contributed by atoms with Crippen molar-refractivity contribution in [1.29, 1.82) is 0 Å². The Balaban J connectivity index is 0.00000121. The second kappa shape index (κ2) is 9.78. The van der Waals surface area contributed by atoms with Gasteiger partial charge < -0.3 is 15.0 Å². The highest BCUT2D eigenvalue weighted by atomic mass is 35.5. The highest BCUT2D eigenvalue weighted by molar-refractivity contribution is 6.99. The Morgan fingerprint density at radius 2 is 1.95 bits per heavy atom. The molecule has 0 aromatic carbocycles. The monoisotopic (exact) mass is 363 g/mol. The lowest BCUT2D eigenvalue weighted by atomic mass is 10.3. The highest BCUT2D eigenvalue weighted by Crippen LogP contribution is 2.26. The van der Waals surface area contributed by atoms with Gasteiger partial charge in [-0.25, -0.2) is 0 Å². The van der Waals surface area contributed by atoms with Gasteiger partial charge in [0.25, 0.3) is 5.88 Å². The first-order chi connectivity index (χ1) is 9.93. The van der Waals surface area contributed by atoms with Crippen LogP contribution >= 0.6 is 36.5 Å². The average molecular weight is 364 g/mol. The van der Waals surface area contributed by atoms with Crippen molar-refractivity contribution in [3.63, 3.8) is 0 Å². The van der Waals surface area contributed by atoms with E-state index in [4.69, 9.17) is 4.74 Å². The van der Waals surface area contributed by atoms with E-state index < -0.39 is 0 Å². The minimum Gasteiger partial charge on any atom is -0.470 e. The lowest BCUT2D eigenvalue weighted by Crippen LogP contribution is -2.28. The van der Waals surface area contributed by atoms with E-state index in [0.29, 0.717) is 12.5 Å². The quantitative estimate of drug-likeness (QED) is 0.897. The zero-order valence-corrected chi connectivity index (χ0v) is 14.4. The molecule has 3 rings (SSSR count). The molecule has 0 radical (unpaired) electrons. The summed E-state index contributed by atoms with van der Waals surface area (Å²) < 4.78 is 14.5. The number of rotatable bonds is 4. The molecule has 0 spiro atoms. The van der Waals surface area contributed by atoms with Crippen LogP contribution in [-0.2, 0) is 6.61 Å². The maximum absolute atomic E-state index is 5.80. The maximum Gasteiger partial charge on any atom is 0.271 e. The number of pyridine rings is 1. The molecule has 22 heavy (non-hydrogen) atoms. The van der Waals surface area contributed by atoms with Gasteiger partial charge in [0.05, 0.1) is 11.7 Å². The van der Waals surface area contributed by atoms with E-state index >= 15 is 0 Å². The van der Waals surface area contributed by atoms with E-state index in [9.17, 15) is 0 Å². The lowest BCUT2D eigenvalue weighted by Gasteiger charge is -2.19. The highest BCUT2D eigenvalue weighted by Gasteiger charge is 2.18. The van der Waals surface area contributed by atoms with Crippen molar-refractivity contribution < 1.29 is 4.74 Å². The molecular formula is C13H19Cl2N5OS. The summed E-state index contributed by atoms with van der Waals surface area (Å²) in [7, 11) is 0. The number of hydrogen-bond acceptors (Lipinski definition) is 7. The van der Waals surface area contributed by atoms with Crippen LogP contribution in [0.15, 0.2) is 24.5 Å². The predicted octanol–water partition coefficient (Wildman–Crippen LogP) is 2.16. The lowest BCUT2D eigenvalue weighted by molar-refractivity contribution is 0.297. The molecule has 1 saturated heterocycles. The molecule has 1 aliphatic rings. The summed E-state index contributed by atoms with van der Waals surface area (Å²) in [5.41, 5.74) is 1.08. The SMILES string of the molecule is Cl.Cl.c1cc(COc2nsnc2N2CCCNCC2)ccn1. The summed E-state index contributed by atoms with van der Waals surface area (Å²) in [6.45, 7) is 4.46. The second-order valence-corrected chi connectivity index (χ2v) is 5.16. The Kier molecular flexibility index (Phi) is 8.40. The Morgan fingerprint density at radius 3 is 2.77 bits per heavy atom. The summed E-state index contributed by atoms with van der Waals surface area (Å²) >= 11 is 1.20. The number of anilines is 1. The van der Waals surface area contributed by atoms with Gasteiger partial charge in [0.2, 0.25) is 5.82 Å². The first-order valence-corrected chi connectivity index (χ1v) is 7.46. The molecular weight excluding hydrogens is 345 g/mol. The van der Waals surface area contributed by atoms with Crippen LogP contribution in [0.4, 0.5) is 5.82 Å². The standard InChI is InChI=1S/C13H17N5OS.2ClH/c1-4-14-7-9-18(8-1)12-13(17-20-16-12)19-10-11-2-5-15-6-3-11;;/h2-3,5-6,14H,1,4,7-10H2;2*1H. The normalized spacial score (nSPS) is 14.5. The molecule has 0 unspecified atom stereocenters. The van der Waals surface area contributed by atoms with Crippen molar-refractivity contribution in [1.82, 2.24) is 19.0 Å². The van der Waals surface area contributed by atoms with E-state index in [1.165, 1.54) is 11.7 Å². The molecule has 0 amide bonds. The van der Waals surface area contributed by atoms with Gasteiger partial charge in [0.1, 0.15) is 6.61 Å².